The van der Waals surface area contributed by atoms with Crippen molar-refractivity contribution in [1.29, 1.82) is 0 Å². The maximum absolute atomic E-state index is 12.5. The molecule has 0 spiro atoms. The van der Waals surface area contributed by atoms with Crippen molar-refractivity contribution in [1.82, 2.24) is 16.0 Å². The number of rotatable bonds is 5. The molecule has 6 heteroatoms. The van der Waals surface area contributed by atoms with Crippen LogP contribution in [0.2, 0.25) is 0 Å². The van der Waals surface area contributed by atoms with Crippen molar-refractivity contribution in [3.8, 4) is 0 Å². The Labute approximate surface area is 163 Å². The van der Waals surface area contributed by atoms with Gasteiger partial charge < -0.3 is 16.0 Å². The summed E-state index contributed by atoms with van der Waals surface area (Å²) in [6.07, 6.45) is 9.64. The molecule has 2 unspecified atom stereocenters. The van der Waals surface area contributed by atoms with Crippen LogP contribution >= 0.6 is 12.4 Å². The summed E-state index contributed by atoms with van der Waals surface area (Å²) in [6.45, 7) is 4.15. The molecule has 0 aromatic rings. The molecule has 5 aliphatic rings. The largest absolute Gasteiger partial charge is 0.350 e. The molecular formula is C20H34ClN3O2. The van der Waals surface area contributed by atoms with Gasteiger partial charge in [0.15, 0.2) is 0 Å². The van der Waals surface area contributed by atoms with Gasteiger partial charge in [0.25, 0.3) is 0 Å². The highest BCUT2D eigenvalue weighted by molar-refractivity contribution is 5.85. The molecular weight excluding hydrogens is 350 g/mol. The lowest BCUT2D eigenvalue weighted by Crippen LogP contribution is -2.52. The number of hydrogen-bond donors (Lipinski definition) is 3. The molecule has 1 aliphatic heterocycles. The van der Waals surface area contributed by atoms with Crippen LogP contribution in [0.1, 0.15) is 58.3 Å². The van der Waals surface area contributed by atoms with Gasteiger partial charge in [-0.1, -0.05) is 6.92 Å². The molecule has 2 atom stereocenters. The SMILES string of the molecule is CC1CCNCC1NC(=O)CNC(=O)CC12CC3CC(CC(C3)C1)C2.Cl. The van der Waals surface area contributed by atoms with E-state index in [2.05, 4.69) is 22.9 Å². The van der Waals surface area contributed by atoms with Gasteiger partial charge in [-0.25, -0.2) is 0 Å². The van der Waals surface area contributed by atoms with Crippen molar-refractivity contribution >= 4 is 24.2 Å². The van der Waals surface area contributed by atoms with Gasteiger partial charge in [-0.05, 0) is 80.6 Å². The molecule has 1 heterocycles. The Morgan fingerprint density at radius 2 is 1.65 bits per heavy atom. The summed E-state index contributed by atoms with van der Waals surface area (Å²) in [5, 5.41) is 9.28. The van der Waals surface area contributed by atoms with E-state index in [-0.39, 0.29) is 42.2 Å². The van der Waals surface area contributed by atoms with Gasteiger partial charge in [-0.15, -0.1) is 12.4 Å². The Bertz CT molecular complexity index is 504. The van der Waals surface area contributed by atoms with Crippen LogP contribution in [0.4, 0.5) is 0 Å². The van der Waals surface area contributed by atoms with Gasteiger partial charge >= 0.3 is 0 Å². The first-order valence-corrected chi connectivity index (χ1v) is 10.3. The Morgan fingerprint density at radius 3 is 2.23 bits per heavy atom. The molecule has 3 N–H and O–H groups in total. The van der Waals surface area contributed by atoms with Gasteiger partial charge in [-0.2, -0.15) is 0 Å². The first kappa shape index (κ1) is 19.9. The van der Waals surface area contributed by atoms with Crippen LogP contribution in [0.3, 0.4) is 0 Å². The molecule has 5 fully saturated rings. The van der Waals surface area contributed by atoms with Gasteiger partial charge in [0.1, 0.15) is 0 Å². The van der Waals surface area contributed by atoms with Crippen LogP contribution in [0.25, 0.3) is 0 Å². The number of nitrogens with one attached hydrogen (secondary N) is 3. The molecule has 0 radical (unpaired) electrons. The van der Waals surface area contributed by atoms with Crippen LogP contribution in [0, 0.1) is 29.1 Å². The molecule has 4 aliphatic carbocycles. The lowest BCUT2D eigenvalue weighted by molar-refractivity contribution is -0.132. The molecule has 2 amide bonds. The van der Waals surface area contributed by atoms with Gasteiger partial charge in [-0.3, -0.25) is 9.59 Å². The molecule has 5 rings (SSSR count). The van der Waals surface area contributed by atoms with E-state index in [0.29, 0.717) is 12.3 Å². The summed E-state index contributed by atoms with van der Waals surface area (Å²) in [4.78, 5) is 24.7. The number of amides is 2. The topological polar surface area (TPSA) is 70.2 Å². The summed E-state index contributed by atoms with van der Waals surface area (Å²) >= 11 is 0. The van der Waals surface area contributed by atoms with Crippen LogP contribution in [0.15, 0.2) is 0 Å². The molecule has 0 aromatic carbocycles. The van der Waals surface area contributed by atoms with Crippen molar-refractivity contribution < 1.29 is 9.59 Å². The van der Waals surface area contributed by atoms with Crippen molar-refractivity contribution in [2.45, 2.75) is 64.3 Å². The van der Waals surface area contributed by atoms with Crippen LogP contribution in [0.5, 0.6) is 0 Å². The van der Waals surface area contributed by atoms with Crippen LogP contribution in [-0.4, -0.2) is 37.5 Å². The second-order valence-corrected chi connectivity index (χ2v) is 9.52. The fourth-order valence-electron chi connectivity index (χ4n) is 6.53. The fraction of sp³-hybridized carbons (Fsp3) is 0.900. The summed E-state index contributed by atoms with van der Waals surface area (Å²) in [6, 6.07) is 0.182. The zero-order valence-electron chi connectivity index (χ0n) is 15.9. The predicted molar refractivity (Wildman–Crippen MR) is 104 cm³/mol. The molecule has 4 bridgehead atoms. The van der Waals surface area contributed by atoms with Crippen LogP contribution < -0.4 is 16.0 Å². The monoisotopic (exact) mass is 383 g/mol. The van der Waals surface area contributed by atoms with E-state index in [4.69, 9.17) is 0 Å². The van der Waals surface area contributed by atoms with E-state index < -0.39 is 0 Å². The molecule has 26 heavy (non-hydrogen) atoms. The van der Waals surface area contributed by atoms with Crippen molar-refractivity contribution in [3.63, 3.8) is 0 Å². The lowest BCUT2D eigenvalue weighted by atomic mass is 9.49. The Kier molecular flexibility index (Phi) is 6.18. The summed E-state index contributed by atoms with van der Waals surface area (Å²) in [7, 11) is 0. The fourth-order valence-corrected chi connectivity index (χ4v) is 6.53. The predicted octanol–water partition coefficient (Wildman–Crippen LogP) is 2.25. The third kappa shape index (κ3) is 4.36. The molecule has 0 aromatic heterocycles. The Balaban J connectivity index is 0.00000196. The highest BCUT2D eigenvalue weighted by atomic mass is 35.5. The smallest absolute Gasteiger partial charge is 0.239 e. The number of halogens is 1. The second-order valence-electron chi connectivity index (χ2n) is 9.52. The highest BCUT2D eigenvalue weighted by Crippen LogP contribution is 2.61. The second kappa shape index (κ2) is 8.05. The molecule has 1 saturated heterocycles. The molecule has 148 valence electrons. The van der Waals surface area contributed by atoms with E-state index in [9.17, 15) is 9.59 Å². The number of piperidine rings is 1. The normalized spacial score (nSPS) is 40.6. The zero-order valence-corrected chi connectivity index (χ0v) is 16.7. The van der Waals surface area contributed by atoms with Crippen molar-refractivity contribution in [2.75, 3.05) is 19.6 Å². The summed E-state index contributed by atoms with van der Waals surface area (Å²) < 4.78 is 0. The molecule has 5 nitrogen and oxygen atoms in total. The number of carbonyl (C=O) groups is 2. The Morgan fingerprint density at radius 1 is 1.04 bits per heavy atom. The van der Waals surface area contributed by atoms with Crippen LogP contribution in [-0.2, 0) is 9.59 Å². The third-order valence-corrected chi connectivity index (χ3v) is 7.32. The van der Waals surface area contributed by atoms with Crippen molar-refractivity contribution in [2.24, 2.45) is 29.1 Å². The quantitative estimate of drug-likeness (QED) is 0.681. The maximum atomic E-state index is 12.5. The lowest BCUT2D eigenvalue weighted by Gasteiger charge is -2.56. The standard InChI is InChI=1S/C20H33N3O2.ClH/c1-13-2-3-21-11-17(13)23-19(25)12-22-18(24)10-20-7-14-4-15(8-20)6-16(5-14)9-20;/h13-17,21H,2-12H2,1H3,(H,22,24)(H,23,25);1H. The minimum atomic E-state index is -0.0561. The first-order chi connectivity index (χ1) is 12.0. The van der Waals surface area contributed by atoms with E-state index in [1.165, 1.54) is 38.5 Å². The van der Waals surface area contributed by atoms with Gasteiger partial charge in [0, 0.05) is 19.0 Å². The van der Waals surface area contributed by atoms with E-state index in [0.717, 1.165) is 37.3 Å². The summed E-state index contributed by atoms with van der Waals surface area (Å²) in [5.41, 5.74) is 0.247. The van der Waals surface area contributed by atoms with E-state index >= 15 is 0 Å². The van der Waals surface area contributed by atoms with Gasteiger partial charge in [0.2, 0.25) is 11.8 Å². The zero-order chi connectivity index (χ0) is 17.4. The average Bonchev–Trinajstić information content (AvgIpc) is 2.53. The first-order valence-electron chi connectivity index (χ1n) is 10.3. The third-order valence-electron chi connectivity index (χ3n) is 7.32. The Hall–Kier alpha value is -0.810. The maximum Gasteiger partial charge on any atom is 0.239 e. The summed E-state index contributed by atoms with van der Waals surface area (Å²) in [5.74, 6) is 3.10. The van der Waals surface area contributed by atoms with Crippen molar-refractivity contribution in [3.05, 3.63) is 0 Å². The minimum absolute atomic E-state index is 0. The minimum Gasteiger partial charge on any atom is -0.350 e. The van der Waals surface area contributed by atoms with E-state index in [1.807, 2.05) is 0 Å². The number of hydrogen-bond acceptors (Lipinski definition) is 3. The highest BCUT2D eigenvalue weighted by Gasteiger charge is 2.51. The average molecular weight is 384 g/mol. The van der Waals surface area contributed by atoms with E-state index in [1.54, 1.807) is 0 Å². The van der Waals surface area contributed by atoms with Gasteiger partial charge in [0.05, 0.1) is 6.54 Å². The number of carbonyl (C=O) groups excluding carboxylic acids is 2. The molecule has 4 saturated carbocycles.